The minimum atomic E-state index is -1.82. The molecule has 1 aromatic heterocycles. The van der Waals surface area contributed by atoms with Gasteiger partial charge in [-0.05, 0) is 51.1 Å². The molecular formula is C27H34ClN4O9Pt-2. The number of carbonyl (C=O) groups excluding carboxylic acids is 1. The number of nitrogens with zero attached hydrogens (tertiary/aromatic N) is 2. The van der Waals surface area contributed by atoms with Gasteiger partial charge >= 0.3 is 46.1 Å². The van der Waals surface area contributed by atoms with Crippen molar-refractivity contribution in [2.75, 3.05) is 13.7 Å². The maximum atomic E-state index is 12.4. The van der Waals surface area contributed by atoms with Crippen LogP contribution in [0.25, 0.3) is 17.5 Å². The molecule has 1 aliphatic carbocycles. The second-order valence-electron chi connectivity index (χ2n) is 8.72. The molecule has 2 aromatic rings. The monoisotopic (exact) mass is 788 g/mol. The van der Waals surface area contributed by atoms with Crippen molar-refractivity contribution < 1.29 is 62.7 Å². The Morgan fingerprint density at radius 2 is 1.45 bits per heavy atom. The van der Waals surface area contributed by atoms with E-state index in [0.717, 1.165) is 29.9 Å². The first kappa shape index (κ1) is 38.6. The van der Waals surface area contributed by atoms with Crippen LogP contribution in [-0.2, 0) is 33.2 Å². The molecule has 0 radical (unpaired) electrons. The number of benzene rings is 1. The molecule has 2 atom stereocenters. The molecule has 1 fully saturated rings. The zero-order chi connectivity index (χ0) is 32.4. The van der Waals surface area contributed by atoms with Crippen LogP contribution in [0.5, 0.6) is 11.5 Å². The number of carbonyl (C=O) groups is 4. The van der Waals surface area contributed by atoms with Crippen molar-refractivity contribution in [3.05, 3.63) is 64.1 Å². The summed E-state index contributed by atoms with van der Waals surface area (Å²) in [4.78, 5) is 50.1. The van der Waals surface area contributed by atoms with Gasteiger partial charge in [0.25, 0.3) is 0 Å². The Morgan fingerprint density at radius 3 is 1.90 bits per heavy atom. The average Bonchev–Trinajstić information content (AvgIpc) is 2.96. The van der Waals surface area contributed by atoms with Gasteiger partial charge in [0.05, 0.1) is 29.9 Å². The van der Waals surface area contributed by atoms with Crippen molar-refractivity contribution >= 4 is 39.2 Å². The van der Waals surface area contributed by atoms with Crippen LogP contribution in [0.4, 0.5) is 0 Å². The van der Waals surface area contributed by atoms with Gasteiger partial charge in [-0.3, -0.25) is 9.78 Å². The standard InChI is InChI=1S/C19H20N2O5.C6H12N2.C2H2O4.ClH.Pt/c1-11-12(2)21-15(13(3)20-11)6-7-16(22)14-5-8-17(25-4)18(9-14)26-10-19(23)24;7-5-3-1-2-4-6(5)8;3-1(4)2(5)6;;/h5-9H,10H2,1-4H3,(H,23,24);5-8H,1-4H2;(H,3,4)(H,5,6);1H;/q;-2;;;+1/p-1/b7-6+;;;;/t;5-,6-;;;/m.1.../s1. The van der Waals surface area contributed by atoms with E-state index >= 15 is 0 Å². The number of rotatable bonds is 7. The van der Waals surface area contributed by atoms with E-state index in [9.17, 15) is 9.59 Å². The summed E-state index contributed by atoms with van der Waals surface area (Å²) < 4.78 is 10.3. The van der Waals surface area contributed by atoms with Crippen molar-refractivity contribution in [3.8, 4) is 11.5 Å². The van der Waals surface area contributed by atoms with Crippen LogP contribution in [0.3, 0.4) is 0 Å². The van der Waals surface area contributed by atoms with Gasteiger partial charge in [-0.1, -0.05) is 25.7 Å². The van der Waals surface area contributed by atoms with Crippen molar-refractivity contribution in [2.24, 2.45) is 0 Å². The summed E-state index contributed by atoms with van der Waals surface area (Å²) in [5.41, 5.74) is 17.9. The third-order valence-corrected chi connectivity index (χ3v) is 5.66. The first-order valence-corrected chi connectivity index (χ1v) is 15.2. The Bertz CT molecular complexity index is 1220. The fourth-order valence-corrected chi connectivity index (χ4v) is 3.35. The topological polar surface area (TPSA) is 221 Å². The molecule has 42 heavy (non-hydrogen) atoms. The number of ether oxygens (including phenoxy) is 2. The number of carboxylic acid groups (broad SMARTS) is 3. The number of carboxylic acids is 3. The fourth-order valence-electron chi connectivity index (χ4n) is 3.35. The minimum Gasteiger partial charge on any atom is -0.676 e. The summed E-state index contributed by atoms with van der Waals surface area (Å²) in [6.45, 7) is 5.04. The molecule has 1 aromatic carbocycles. The molecule has 0 bridgehead atoms. The molecule has 235 valence electrons. The van der Waals surface area contributed by atoms with Crippen molar-refractivity contribution in [1.29, 1.82) is 0 Å². The molecule has 1 saturated carbocycles. The smallest absolute Gasteiger partial charge is 0.0548 e. The first-order chi connectivity index (χ1) is 19.8. The summed E-state index contributed by atoms with van der Waals surface area (Å²) in [6, 6.07) is 4.43. The minimum absolute atomic E-state index is 0.0799. The van der Waals surface area contributed by atoms with E-state index in [2.05, 4.69) is 19.4 Å². The molecule has 0 saturated heterocycles. The van der Waals surface area contributed by atoms with E-state index in [1.165, 1.54) is 32.1 Å². The summed E-state index contributed by atoms with van der Waals surface area (Å²) >= 11 is 1.61. The predicted octanol–water partition coefficient (Wildman–Crippen LogP) is 5.01. The predicted molar refractivity (Wildman–Crippen MR) is 152 cm³/mol. The van der Waals surface area contributed by atoms with E-state index in [0.29, 0.717) is 17.0 Å². The van der Waals surface area contributed by atoms with Crippen LogP contribution in [0.1, 0.15) is 58.8 Å². The second kappa shape index (κ2) is 20.5. The Morgan fingerprint density at radius 1 is 0.929 bits per heavy atom. The summed E-state index contributed by atoms with van der Waals surface area (Å²) in [5, 5.41) is 23.5. The van der Waals surface area contributed by atoms with E-state index in [4.69, 9.17) is 45.8 Å². The van der Waals surface area contributed by atoms with Crippen LogP contribution in [0.15, 0.2) is 24.3 Å². The van der Waals surface area contributed by atoms with Gasteiger partial charge in [0.2, 0.25) is 0 Å². The Labute approximate surface area is 259 Å². The van der Waals surface area contributed by atoms with Gasteiger partial charge < -0.3 is 36.3 Å². The number of methoxy groups -OCH3 is 1. The van der Waals surface area contributed by atoms with Gasteiger partial charge in [-0.2, -0.15) is 12.1 Å². The largest absolute Gasteiger partial charge is 0.676 e. The third-order valence-electron chi connectivity index (χ3n) is 5.66. The number of ketones is 1. The fraction of sp³-hybridized carbons (Fsp3) is 0.407. The molecule has 5 N–H and O–H groups in total. The Kier molecular flexibility index (Phi) is 18.8. The van der Waals surface area contributed by atoms with Crippen molar-refractivity contribution in [3.63, 3.8) is 0 Å². The van der Waals surface area contributed by atoms with Crippen LogP contribution in [-0.4, -0.2) is 74.8 Å². The summed E-state index contributed by atoms with van der Waals surface area (Å²) in [6.07, 6.45) is 7.25. The Hall–Kier alpha value is -3.38. The van der Waals surface area contributed by atoms with Crippen molar-refractivity contribution in [1.82, 2.24) is 9.97 Å². The summed E-state index contributed by atoms with van der Waals surface area (Å²) in [5.74, 6) is -4.50. The van der Waals surface area contributed by atoms with E-state index < -0.39 is 24.5 Å². The Balaban J connectivity index is 0.000000856. The number of aromatic nitrogens is 2. The first-order valence-electron chi connectivity index (χ1n) is 12.3. The molecule has 0 amide bonds. The number of nitrogens with one attached hydrogen (secondary N) is 2. The van der Waals surface area contributed by atoms with E-state index in [1.54, 1.807) is 37.0 Å². The van der Waals surface area contributed by atoms with E-state index in [1.807, 2.05) is 20.8 Å². The number of halogens is 1. The molecule has 0 spiro atoms. The molecular weight excluding hydrogens is 755 g/mol. The van der Waals surface area contributed by atoms with Gasteiger partial charge in [-0.25, -0.2) is 19.4 Å². The average molecular weight is 789 g/mol. The van der Waals surface area contributed by atoms with Crippen molar-refractivity contribution in [2.45, 2.75) is 58.5 Å². The number of aliphatic carboxylic acids is 3. The van der Waals surface area contributed by atoms with Gasteiger partial charge in [0.15, 0.2) is 23.9 Å². The maximum absolute atomic E-state index is 12.4. The number of allylic oxidation sites excluding steroid dienone is 1. The molecule has 1 aliphatic rings. The van der Waals surface area contributed by atoms with Gasteiger partial charge in [0.1, 0.15) is 0 Å². The molecule has 3 rings (SSSR count). The SMILES string of the molecule is COc1ccc(C(=O)/C=C/c2nc(C)c(C)nc2C)cc1OCC(=O)O.O=C(O)C(=O)O.[Cl][Pt].[NH-][C@@H]1CCCC[C@H]1[NH-]. The second-order valence-corrected chi connectivity index (χ2v) is 8.72. The number of aryl methyl sites for hydroxylation is 3. The number of hydrogen-bond acceptors (Lipinski definition) is 8. The van der Waals surface area contributed by atoms with Gasteiger partial charge in [0, 0.05) is 5.56 Å². The van der Waals surface area contributed by atoms with Crippen LogP contribution < -0.4 is 9.47 Å². The van der Waals surface area contributed by atoms with Crippen LogP contribution >= 0.6 is 9.42 Å². The normalized spacial score (nSPS) is 15.5. The molecule has 13 nitrogen and oxygen atoms in total. The molecule has 1 heterocycles. The van der Waals surface area contributed by atoms with E-state index in [-0.39, 0.29) is 23.6 Å². The van der Waals surface area contributed by atoms with Gasteiger partial charge in [-0.15, -0.1) is 0 Å². The number of hydrogen-bond donors (Lipinski definition) is 3. The quantitative estimate of drug-likeness (QED) is 0.192. The van der Waals surface area contributed by atoms with Crippen LogP contribution in [0.2, 0.25) is 0 Å². The zero-order valence-corrected chi connectivity index (χ0v) is 26.5. The van der Waals surface area contributed by atoms with Crippen LogP contribution in [0, 0.1) is 20.8 Å². The zero-order valence-electron chi connectivity index (χ0n) is 23.5. The molecule has 0 unspecified atom stereocenters. The molecule has 0 aliphatic heterocycles. The maximum Gasteiger partial charge on any atom is -0.0548 e. The third kappa shape index (κ3) is 14.5. The summed E-state index contributed by atoms with van der Waals surface area (Å²) in [7, 11) is 6.05. The molecule has 15 heteroatoms.